The summed E-state index contributed by atoms with van der Waals surface area (Å²) in [5.41, 5.74) is 2.54. The number of aromatic nitrogens is 1. The maximum atomic E-state index is 12.9. The van der Waals surface area contributed by atoms with Crippen LogP contribution in [0.5, 0.6) is 0 Å². The molecule has 2 rings (SSSR count). The molecule has 0 radical (unpaired) electrons. The molecule has 0 fully saturated rings. The summed E-state index contributed by atoms with van der Waals surface area (Å²) in [6, 6.07) is 10.4. The van der Waals surface area contributed by atoms with Crippen molar-refractivity contribution in [3.63, 3.8) is 0 Å². The van der Waals surface area contributed by atoms with Gasteiger partial charge in [-0.1, -0.05) is 6.07 Å². The molecule has 1 heterocycles. The van der Waals surface area contributed by atoms with Crippen LogP contribution in [0.1, 0.15) is 16.8 Å². The highest BCUT2D eigenvalue weighted by molar-refractivity contribution is 5.29. The van der Waals surface area contributed by atoms with Gasteiger partial charge in [0.1, 0.15) is 17.6 Å². The predicted molar refractivity (Wildman–Crippen MR) is 59.4 cm³/mol. The molecule has 0 bridgehead atoms. The van der Waals surface area contributed by atoms with Crippen LogP contribution < -0.4 is 0 Å². The van der Waals surface area contributed by atoms with Crippen LogP contribution >= 0.6 is 0 Å². The van der Waals surface area contributed by atoms with Gasteiger partial charge in [0.2, 0.25) is 0 Å². The maximum Gasteiger partial charge on any atom is 0.123 e. The number of hydrogen-bond donors (Lipinski definition) is 0. The van der Waals surface area contributed by atoms with Gasteiger partial charge in [0.25, 0.3) is 0 Å². The Morgan fingerprint density at radius 3 is 2.88 bits per heavy atom. The molecule has 1 aromatic carbocycles. The molecular formula is C13H11FN2. The van der Waals surface area contributed by atoms with Gasteiger partial charge in [-0.3, -0.25) is 0 Å². The number of halogens is 1. The number of nitrogens with zero attached hydrogens (tertiary/aromatic N) is 2. The van der Waals surface area contributed by atoms with Crippen molar-refractivity contribution in [2.24, 2.45) is 0 Å². The van der Waals surface area contributed by atoms with Crippen LogP contribution in [-0.4, -0.2) is 4.57 Å². The standard InChI is InChI=1S/C13H11FN2/c1-10-7-12(14)5-4-11(10)9-16-6-2-3-13(16)8-15/h2-7H,9H2,1H3. The van der Waals surface area contributed by atoms with Crippen molar-refractivity contribution in [3.05, 3.63) is 59.2 Å². The molecule has 1 aromatic heterocycles. The van der Waals surface area contributed by atoms with Crippen molar-refractivity contribution in [1.29, 1.82) is 5.26 Å². The van der Waals surface area contributed by atoms with Crippen LogP contribution in [-0.2, 0) is 6.54 Å². The minimum Gasteiger partial charge on any atom is -0.335 e. The fraction of sp³-hybridized carbons (Fsp3) is 0.154. The lowest BCUT2D eigenvalue weighted by atomic mass is 10.1. The van der Waals surface area contributed by atoms with Gasteiger partial charge >= 0.3 is 0 Å². The van der Waals surface area contributed by atoms with Gasteiger partial charge < -0.3 is 4.57 Å². The molecule has 0 N–H and O–H groups in total. The molecular weight excluding hydrogens is 203 g/mol. The quantitative estimate of drug-likeness (QED) is 0.755. The van der Waals surface area contributed by atoms with Crippen LogP contribution in [0.15, 0.2) is 36.5 Å². The molecule has 0 aliphatic carbocycles. The highest BCUT2D eigenvalue weighted by Crippen LogP contribution is 2.13. The molecule has 0 atom stereocenters. The first-order chi connectivity index (χ1) is 7.70. The topological polar surface area (TPSA) is 28.7 Å². The molecule has 0 amide bonds. The minimum absolute atomic E-state index is 0.228. The number of benzene rings is 1. The average molecular weight is 214 g/mol. The van der Waals surface area contributed by atoms with E-state index in [0.29, 0.717) is 12.2 Å². The summed E-state index contributed by atoms with van der Waals surface area (Å²) in [5.74, 6) is -0.228. The van der Waals surface area contributed by atoms with Crippen molar-refractivity contribution < 1.29 is 4.39 Å². The lowest BCUT2D eigenvalue weighted by molar-refractivity contribution is 0.624. The second-order valence-corrected chi connectivity index (χ2v) is 3.70. The molecule has 0 aliphatic rings. The van der Waals surface area contributed by atoms with E-state index in [2.05, 4.69) is 6.07 Å². The van der Waals surface area contributed by atoms with Crippen molar-refractivity contribution in [3.8, 4) is 6.07 Å². The average Bonchev–Trinajstić information content (AvgIpc) is 2.69. The first-order valence-corrected chi connectivity index (χ1v) is 5.01. The Kier molecular flexibility index (Phi) is 2.74. The van der Waals surface area contributed by atoms with Crippen LogP contribution in [0, 0.1) is 24.1 Å². The molecule has 0 saturated carbocycles. The lowest BCUT2D eigenvalue weighted by Crippen LogP contribution is -2.02. The Morgan fingerprint density at radius 2 is 2.19 bits per heavy atom. The Hall–Kier alpha value is -2.08. The van der Waals surface area contributed by atoms with E-state index < -0.39 is 0 Å². The van der Waals surface area contributed by atoms with E-state index in [0.717, 1.165) is 11.1 Å². The Bertz CT molecular complexity index is 549. The molecule has 80 valence electrons. The Balaban J connectivity index is 2.31. The molecule has 2 aromatic rings. The van der Waals surface area contributed by atoms with Gasteiger partial charge in [-0.05, 0) is 42.3 Å². The fourth-order valence-corrected chi connectivity index (χ4v) is 1.67. The molecule has 0 unspecified atom stereocenters. The SMILES string of the molecule is Cc1cc(F)ccc1Cn1cccc1C#N. The summed E-state index contributed by atoms with van der Waals surface area (Å²) in [6.45, 7) is 2.47. The normalized spacial score (nSPS) is 10.1. The zero-order valence-electron chi connectivity index (χ0n) is 8.94. The maximum absolute atomic E-state index is 12.9. The van der Waals surface area contributed by atoms with E-state index in [1.165, 1.54) is 12.1 Å². The van der Waals surface area contributed by atoms with Gasteiger partial charge in [0, 0.05) is 12.7 Å². The van der Waals surface area contributed by atoms with Gasteiger partial charge in [-0.15, -0.1) is 0 Å². The van der Waals surface area contributed by atoms with Gasteiger partial charge in [0.05, 0.1) is 0 Å². The predicted octanol–water partition coefficient (Wildman–Crippen LogP) is 2.86. The summed E-state index contributed by atoms with van der Waals surface area (Å²) in [6.07, 6.45) is 1.85. The van der Waals surface area contributed by atoms with E-state index >= 15 is 0 Å². The second kappa shape index (κ2) is 4.19. The monoisotopic (exact) mass is 214 g/mol. The van der Waals surface area contributed by atoms with Crippen LogP contribution in [0.3, 0.4) is 0 Å². The molecule has 16 heavy (non-hydrogen) atoms. The van der Waals surface area contributed by atoms with E-state index in [9.17, 15) is 4.39 Å². The summed E-state index contributed by atoms with van der Waals surface area (Å²) in [5, 5.41) is 8.87. The van der Waals surface area contributed by atoms with E-state index in [4.69, 9.17) is 5.26 Å². The number of nitriles is 1. The second-order valence-electron chi connectivity index (χ2n) is 3.70. The fourth-order valence-electron chi connectivity index (χ4n) is 1.67. The minimum atomic E-state index is -0.228. The van der Waals surface area contributed by atoms with Gasteiger partial charge in [0.15, 0.2) is 0 Å². The largest absolute Gasteiger partial charge is 0.335 e. The summed E-state index contributed by atoms with van der Waals surface area (Å²) in [7, 11) is 0. The summed E-state index contributed by atoms with van der Waals surface area (Å²) in [4.78, 5) is 0. The highest BCUT2D eigenvalue weighted by atomic mass is 19.1. The third-order valence-corrected chi connectivity index (χ3v) is 2.59. The van der Waals surface area contributed by atoms with Gasteiger partial charge in [-0.25, -0.2) is 4.39 Å². The highest BCUT2D eigenvalue weighted by Gasteiger charge is 2.03. The van der Waals surface area contributed by atoms with Crippen molar-refractivity contribution in [1.82, 2.24) is 4.57 Å². The number of hydrogen-bond acceptors (Lipinski definition) is 1. The number of rotatable bonds is 2. The van der Waals surface area contributed by atoms with Crippen LogP contribution in [0.4, 0.5) is 4.39 Å². The summed E-state index contributed by atoms with van der Waals surface area (Å²) >= 11 is 0. The molecule has 0 aliphatic heterocycles. The number of aryl methyl sites for hydroxylation is 1. The van der Waals surface area contributed by atoms with Crippen molar-refractivity contribution in [2.75, 3.05) is 0 Å². The molecule has 0 spiro atoms. The van der Waals surface area contributed by atoms with Gasteiger partial charge in [-0.2, -0.15) is 5.26 Å². The molecule has 0 saturated heterocycles. The van der Waals surface area contributed by atoms with Crippen molar-refractivity contribution >= 4 is 0 Å². The van der Waals surface area contributed by atoms with Crippen molar-refractivity contribution in [2.45, 2.75) is 13.5 Å². The Labute approximate surface area is 93.6 Å². The summed E-state index contributed by atoms with van der Waals surface area (Å²) < 4.78 is 14.8. The molecule has 2 nitrogen and oxygen atoms in total. The smallest absolute Gasteiger partial charge is 0.123 e. The first kappa shape index (κ1) is 10.4. The third kappa shape index (κ3) is 1.96. The van der Waals surface area contributed by atoms with E-state index in [1.54, 1.807) is 12.1 Å². The van der Waals surface area contributed by atoms with E-state index in [-0.39, 0.29) is 5.82 Å². The Morgan fingerprint density at radius 1 is 1.38 bits per heavy atom. The molecule has 3 heteroatoms. The van der Waals surface area contributed by atoms with Crippen LogP contribution in [0.2, 0.25) is 0 Å². The van der Waals surface area contributed by atoms with E-state index in [1.807, 2.05) is 23.8 Å². The first-order valence-electron chi connectivity index (χ1n) is 5.01. The zero-order chi connectivity index (χ0) is 11.5. The third-order valence-electron chi connectivity index (χ3n) is 2.59. The lowest BCUT2D eigenvalue weighted by Gasteiger charge is -2.08. The zero-order valence-corrected chi connectivity index (χ0v) is 8.94. The van der Waals surface area contributed by atoms with Crippen LogP contribution in [0.25, 0.3) is 0 Å².